The van der Waals surface area contributed by atoms with E-state index in [4.69, 9.17) is 0 Å². The number of aromatic nitrogens is 5. The molecule has 0 fully saturated rings. The van der Waals surface area contributed by atoms with Crippen molar-refractivity contribution in [2.75, 3.05) is 5.75 Å². The molecule has 0 aliphatic carbocycles. The second-order valence-electron chi connectivity index (χ2n) is 6.64. The number of pyridine rings is 1. The molecule has 0 unspecified atom stereocenters. The summed E-state index contributed by atoms with van der Waals surface area (Å²) in [5.41, 5.74) is -2.09. The fraction of sp³-hybridized carbons (Fsp3) is 0.158. The lowest BCUT2D eigenvalue weighted by atomic mass is 10.1. The van der Waals surface area contributed by atoms with E-state index in [2.05, 4.69) is 15.2 Å². The van der Waals surface area contributed by atoms with Gasteiger partial charge in [0, 0.05) is 11.8 Å². The maximum atomic E-state index is 13.6. The summed E-state index contributed by atoms with van der Waals surface area (Å²) in [6.45, 7) is 1.37. The molecule has 0 saturated heterocycles. The number of halogens is 4. The summed E-state index contributed by atoms with van der Waals surface area (Å²) in [6, 6.07) is 8.16. The predicted molar refractivity (Wildman–Crippen MR) is 105 cm³/mol. The molecule has 0 aliphatic heterocycles. The van der Waals surface area contributed by atoms with Crippen LogP contribution < -0.4 is 5.69 Å². The highest BCUT2D eigenvalue weighted by Crippen LogP contribution is 2.28. The third kappa shape index (κ3) is 3.75. The quantitative estimate of drug-likeness (QED) is 0.428. The molecule has 1 aromatic carbocycles. The minimum absolute atomic E-state index is 0.237. The number of nitrogens with zero attached hydrogens (tertiary/aromatic N) is 5. The van der Waals surface area contributed by atoms with Crippen LogP contribution in [0.15, 0.2) is 58.4 Å². The summed E-state index contributed by atoms with van der Waals surface area (Å²) in [5, 5.41) is 7.14. The van der Waals surface area contributed by atoms with E-state index < -0.39 is 39.0 Å². The fourth-order valence-electron chi connectivity index (χ4n) is 2.96. The molecule has 8 nitrogen and oxygen atoms in total. The molecule has 0 spiro atoms. The molecular weight excluding hydrogens is 454 g/mol. The number of alkyl halides is 3. The van der Waals surface area contributed by atoms with Crippen LogP contribution in [0.3, 0.4) is 0 Å². The van der Waals surface area contributed by atoms with Gasteiger partial charge in [-0.3, -0.25) is 0 Å². The van der Waals surface area contributed by atoms with Gasteiger partial charge in [-0.15, -0.1) is 5.10 Å². The van der Waals surface area contributed by atoms with E-state index in [1.807, 2.05) is 0 Å². The van der Waals surface area contributed by atoms with Crippen LogP contribution >= 0.6 is 0 Å². The first-order chi connectivity index (χ1) is 15.0. The van der Waals surface area contributed by atoms with E-state index >= 15 is 0 Å². The minimum atomic E-state index is -4.79. The van der Waals surface area contributed by atoms with Crippen molar-refractivity contribution in [3.63, 3.8) is 0 Å². The molecule has 0 radical (unpaired) electrons. The summed E-state index contributed by atoms with van der Waals surface area (Å²) in [6.07, 6.45) is -3.58. The Morgan fingerprint density at radius 1 is 1.03 bits per heavy atom. The van der Waals surface area contributed by atoms with E-state index in [1.54, 1.807) is 6.07 Å². The lowest BCUT2D eigenvalue weighted by Gasteiger charge is -2.10. The van der Waals surface area contributed by atoms with Crippen molar-refractivity contribution in [1.82, 2.24) is 24.4 Å². The van der Waals surface area contributed by atoms with Crippen molar-refractivity contribution in [1.29, 1.82) is 0 Å². The number of hydrogen-bond acceptors (Lipinski definition) is 6. The minimum Gasteiger partial charge on any atom is -0.243 e. The van der Waals surface area contributed by atoms with Gasteiger partial charge in [-0.1, -0.05) is 19.1 Å². The molecule has 13 heteroatoms. The van der Waals surface area contributed by atoms with Crippen molar-refractivity contribution in [3.8, 4) is 16.9 Å². The summed E-state index contributed by atoms with van der Waals surface area (Å²) in [4.78, 5) is 16.4. The van der Waals surface area contributed by atoms with Crippen LogP contribution in [0, 0.1) is 5.82 Å². The Morgan fingerprint density at radius 3 is 2.44 bits per heavy atom. The molecule has 4 aromatic rings. The Kier molecular flexibility index (Phi) is 5.07. The molecule has 166 valence electrons. The SMILES string of the molecule is CCS(=O)(=O)c1cc(-c2cccc(F)c2)cnc1-n1nc2ccc(C(F)(F)F)nn2c1=O. The van der Waals surface area contributed by atoms with E-state index in [0.717, 1.165) is 6.07 Å². The van der Waals surface area contributed by atoms with Crippen molar-refractivity contribution < 1.29 is 26.0 Å². The van der Waals surface area contributed by atoms with Crippen LogP contribution in [0.25, 0.3) is 22.6 Å². The third-order valence-corrected chi connectivity index (χ3v) is 6.31. The topological polar surface area (TPSA) is 99.2 Å². The van der Waals surface area contributed by atoms with Gasteiger partial charge in [-0.25, -0.2) is 22.6 Å². The van der Waals surface area contributed by atoms with Crippen molar-refractivity contribution in [2.24, 2.45) is 0 Å². The molecule has 3 heterocycles. The molecular formula is C19H13F4N5O3S. The average Bonchev–Trinajstić information content (AvgIpc) is 3.08. The normalized spacial score (nSPS) is 12.4. The van der Waals surface area contributed by atoms with E-state index in [-0.39, 0.29) is 21.9 Å². The molecule has 0 amide bonds. The highest BCUT2D eigenvalue weighted by Gasteiger charge is 2.33. The highest BCUT2D eigenvalue weighted by atomic mass is 32.2. The first-order valence-electron chi connectivity index (χ1n) is 9.06. The van der Waals surface area contributed by atoms with Gasteiger partial charge in [-0.2, -0.15) is 27.5 Å². The summed E-state index contributed by atoms with van der Waals surface area (Å²) >= 11 is 0. The van der Waals surface area contributed by atoms with Gasteiger partial charge in [0.25, 0.3) is 0 Å². The van der Waals surface area contributed by atoms with Gasteiger partial charge in [0.05, 0.1) is 5.75 Å². The lowest BCUT2D eigenvalue weighted by Crippen LogP contribution is -2.25. The summed E-state index contributed by atoms with van der Waals surface area (Å²) in [5.74, 6) is -1.31. The Hall–Kier alpha value is -3.61. The second kappa shape index (κ2) is 7.51. The molecule has 3 aromatic heterocycles. The first kappa shape index (κ1) is 21.6. The standard InChI is InChI=1S/C19H13F4N5O3S/c1-2-32(30,31)14-9-12(11-4-3-5-13(20)8-11)10-24-17(14)28-18(29)27-16(26-28)7-6-15(25-27)19(21,22)23/h3-10H,2H2,1H3. The van der Waals surface area contributed by atoms with E-state index in [0.29, 0.717) is 20.8 Å². The van der Waals surface area contributed by atoms with Gasteiger partial charge in [0.15, 0.2) is 27.0 Å². The van der Waals surface area contributed by atoms with Crippen molar-refractivity contribution in [3.05, 3.63) is 70.7 Å². The number of fused-ring (bicyclic) bond motifs is 1. The van der Waals surface area contributed by atoms with Gasteiger partial charge in [-0.05, 0) is 35.9 Å². The van der Waals surface area contributed by atoms with Crippen LogP contribution in [0.5, 0.6) is 0 Å². The molecule has 0 bridgehead atoms. The van der Waals surface area contributed by atoms with Gasteiger partial charge in [0.2, 0.25) is 0 Å². The number of rotatable bonds is 4. The van der Waals surface area contributed by atoms with Crippen LogP contribution in [-0.4, -0.2) is 38.5 Å². The molecule has 0 aliphatic rings. The number of sulfone groups is 1. The zero-order chi connectivity index (χ0) is 23.3. The molecule has 32 heavy (non-hydrogen) atoms. The maximum Gasteiger partial charge on any atom is 0.435 e. The molecule has 0 atom stereocenters. The molecule has 0 saturated carbocycles. The van der Waals surface area contributed by atoms with Crippen LogP contribution in [-0.2, 0) is 16.0 Å². The zero-order valence-electron chi connectivity index (χ0n) is 16.2. The average molecular weight is 467 g/mol. The second-order valence-corrected chi connectivity index (χ2v) is 8.89. The van der Waals surface area contributed by atoms with Crippen LogP contribution in [0.4, 0.5) is 17.6 Å². The first-order valence-corrected chi connectivity index (χ1v) is 10.7. The Bertz CT molecular complexity index is 1510. The van der Waals surface area contributed by atoms with Gasteiger partial charge >= 0.3 is 11.9 Å². The lowest BCUT2D eigenvalue weighted by molar-refractivity contribution is -0.141. The Balaban J connectivity index is 1.96. The van der Waals surface area contributed by atoms with E-state index in [9.17, 15) is 30.8 Å². The maximum absolute atomic E-state index is 13.6. The summed E-state index contributed by atoms with van der Waals surface area (Å²) in [7, 11) is -3.97. The van der Waals surface area contributed by atoms with Gasteiger partial charge in [0.1, 0.15) is 10.7 Å². The number of benzene rings is 1. The largest absolute Gasteiger partial charge is 0.435 e. The van der Waals surface area contributed by atoms with Crippen LogP contribution in [0.2, 0.25) is 0 Å². The molecule has 0 N–H and O–H groups in total. The smallest absolute Gasteiger partial charge is 0.243 e. The predicted octanol–water partition coefficient (Wildman–Crippen LogP) is 2.89. The third-order valence-electron chi connectivity index (χ3n) is 4.58. The Labute approximate surface area is 177 Å². The number of hydrogen-bond donors (Lipinski definition) is 0. The highest BCUT2D eigenvalue weighted by molar-refractivity contribution is 7.91. The fourth-order valence-corrected chi connectivity index (χ4v) is 4.00. The van der Waals surface area contributed by atoms with Crippen molar-refractivity contribution in [2.45, 2.75) is 18.0 Å². The monoisotopic (exact) mass is 467 g/mol. The molecule has 4 rings (SSSR count). The van der Waals surface area contributed by atoms with Gasteiger partial charge < -0.3 is 0 Å². The zero-order valence-corrected chi connectivity index (χ0v) is 17.0. The van der Waals surface area contributed by atoms with Crippen LogP contribution in [0.1, 0.15) is 12.6 Å². The summed E-state index contributed by atoms with van der Waals surface area (Å²) < 4.78 is 78.9. The van der Waals surface area contributed by atoms with E-state index in [1.165, 1.54) is 37.4 Å². The Morgan fingerprint density at radius 2 is 1.78 bits per heavy atom. The van der Waals surface area contributed by atoms with Crippen molar-refractivity contribution >= 4 is 15.5 Å².